The zero-order valence-corrected chi connectivity index (χ0v) is 13.4. The molecule has 0 radical (unpaired) electrons. The molecule has 0 aliphatic heterocycles. The first-order valence-electron chi connectivity index (χ1n) is 7.72. The second-order valence-corrected chi connectivity index (χ2v) is 5.71. The second kappa shape index (κ2) is 7.08. The molecule has 3 aromatic rings. The van der Waals surface area contributed by atoms with E-state index < -0.39 is 0 Å². The number of aryl methyl sites for hydroxylation is 1. The standard InChI is InChI=1S/C19H18FN3O/c1-14-3-2-4-16(11-14)13-23-18(9-10-21-23)22-19(24)12-15-5-7-17(20)8-6-15/h2-11H,12-13H2,1H3,(H,22,24). The summed E-state index contributed by atoms with van der Waals surface area (Å²) in [7, 11) is 0. The molecule has 0 aliphatic carbocycles. The van der Waals surface area contributed by atoms with Crippen molar-refractivity contribution >= 4 is 11.7 Å². The van der Waals surface area contributed by atoms with E-state index in [2.05, 4.69) is 16.5 Å². The predicted octanol–water partition coefficient (Wildman–Crippen LogP) is 3.56. The lowest BCUT2D eigenvalue weighted by Crippen LogP contribution is -2.18. The van der Waals surface area contributed by atoms with Crippen LogP contribution in [0.3, 0.4) is 0 Å². The summed E-state index contributed by atoms with van der Waals surface area (Å²) in [4.78, 5) is 12.2. The Balaban J connectivity index is 1.66. The lowest BCUT2D eigenvalue weighted by atomic mass is 10.1. The highest BCUT2D eigenvalue weighted by atomic mass is 19.1. The van der Waals surface area contributed by atoms with Crippen LogP contribution in [0.5, 0.6) is 0 Å². The van der Waals surface area contributed by atoms with Crippen LogP contribution < -0.4 is 5.32 Å². The molecule has 24 heavy (non-hydrogen) atoms. The number of nitrogens with zero attached hydrogens (tertiary/aromatic N) is 2. The third-order valence-corrected chi connectivity index (χ3v) is 3.68. The van der Waals surface area contributed by atoms with Gasteiger partial charge in [-0.25, -0.2) is 9.07 Å². The van der Waals surface area contributed by atoms with E-state index in [4.69, 9.17) is 0 Å². The molecule has 1 aromatic heterocycles. The second-order valence-electron chi connectivity index (χ2n) is 5.71. The van der Waals surface area contributed by atoms with Crippen LogP contribution in [0.1, 0.15) is 16.7 Å². The molecule has 0 spiro atoms. The van der Waals surface area contributed by atoms with Crippen molar-refractivity contribution in [2.24, 2.45) is 0 Å². The number of anilines is 1. The minimum Gasteiger partial charge on any atom is -0.311 e. The number of rotatable bonds is 5. The molecule has 0 fully saturated rings. The van der Waals surface area contributed by atoms with Crippen molar-refractivity contribution in [1.82, 2.24) is 9.78 Å². The van der Waals surface area contributed by atoms with Gasteiger partial charge in [0.25, 0.3) is 0 Å². The molecule has 0 aliphatic rings. The van der Waals surface area contributed by atoms with E-state index in [1.807, 2.05) is 25.1 Å². The van der Waals surface area contributed by atoms with E-state index in [0.29, 0.717) is 12.4 Å². The number of nitrogens with one attached hydrogen (secondary N) is 1. The smallest absolute Gasteiger partial charge is 0.229 e. The zero-order valence-electron chi connectivity index (χ0n) is 13.4. The average molecular weight is 323 g/mol. The first-order valence-corrected chi connectivity index (χ1v) is 7.72. The number of carbonyl (C=O) groups excluding carboxylic acids is 1. The van der Waals surface area contributed by atoms with Gasteiger partial charge in [0.1, 0.15) is 11.6 Å². The molecule has 1 heterocycles. The van der Waals surface area contributed by atoms with Crippen LogP contribution in [0.2, 0.25) is 0 Å². The molecule has 5 heteroatoms. The first-order chi connectivity index (χ1) is 11.6. The number of amides is 1. The fourth-order valence-electron chi connectivity index (χ4n) is 2.52. The topological polar surface area (TPSA) is 46.9 Å². The van der Waals surface area contributed by atoms with E-state index >= 15 is 0 Å². The number of aromatic nitrogens is 2. The van der Waals surface area contributed by atoms with Gasteiger partial charge in [-0.05, 0) is 30.2 Å². The van der Waals surface area contributed by atoms with Crippen molar-refractivity contribution in [1.29, 1.82) is 0 Å². The highest BCUT2D eigenvalue weighted by molar-refractivity contribution is 5.91. The van der Waals surface area contributed by atoms with Crippen molar-refractivity contribution < 1.29 is 9.18 Å². The fourth-order valence-corrected chi connectivity index (χ4v) is 2.52. The quantitative estimate of drug-likeness (QED) is 0.780. The van der Waals surface area contributed by atoms with Gasteiger partial charge in [-0.15, -0.1) is 0 Å². The van der Waals surface area contributed by atoms with Gasteiger partial charge in [-0.2, -0.15) is 5.10 Å². The van der Waals surface area contributed by atoms with Crippen LogP contribution in [0.4, 0.5) is 10.2 Å². The van der Waals surface area contributed by atoms with Crippen LogP contribution in [-0.2, 0) is 17.8 Å². The number of carbonyl (C=O) groups is 1. The molecule has 2 aromatic carbocycles. The van der Waals surface area contributed by atoms with E-state index in [-0.39, 0.29) is 18.1 Å². The van der Waals surface area contributed by atoms with Crippen LogP contribution in [-0.4, -0.2) is 15.7 Å². The Morgan fingerprint density at radius 3 is 2.67 bits per heavy atom. The number of halogens is 1. The maximum Gasteiger partial charge on any atom is 0.229 e. The summed E-state index contributed by atoms with van der Waals surface area (Å²) in [6, 6.07) is 15.8. The Morgan fingerprint density at radius 1 is 1.12 bits per heavy atom. The minimum atomic E-state index is -0.310. The van der Waals surface area contributed by atoms with Crippen LogP contribution in [0, 0.1) is 12.7 Å². The molecule has 0 saturated heterocycles. The Kier molecular flexibility index (Phi) is 4.70. The number of hydrogen-bond donors (Lipinski definition) is 1. The third kappa shape index (κ3) is 4.07. The van der Waals surface area contributed by atoms with Crippen molar-refractivity contribution in [3.05, 3.63) is 83.3 Å². The van der Waals surface area contributed by atoms with Gasteiger partial charge in [0, 0.05) is 6.07 Å². The highest BCUT2D eigenvalue weighted by Crippen LogP contribution is 2.12. The predicted molar refractivity (Wildman–Crippen MR) is 91.2 cm³/mol. The summed E-state index contributed by atoms with van der Waals surface area (Å²) >= 11 is 0. The average Bonchev–Trinajstić information content (AvgIpc) is 2.96. The molecule has 0 bridgehead atoms. The molecule has 122 valence electrons. The van der Waals surface area contributed by atoms with Gasteiger partial charge in [0.05, 0.1) is 19.2 Å². The molecule has 4 nitrogen and oxygen atoms in total. The van der Waals surface area contributed by atoms with Crippen molar-refractivity contribution in [3.63, 3.8) is 0 Å². The number of hydrogen-bond acceptors (Lipinski definition) is 2. The highest BCUT2D eigenvalue weighted by Gasteiger charge is 2.09. The van der Waals surface area contributed by atoms with E-state index in [1.54, 1.807) is 29.1 Å². The fraction of sp³-hybridized carbons (Fsp3) is 0.158. The van der Waals surface area contributed by atoms with Gasteiger partial charge in [-0.3, -0.25) is 4.79 Å². The number of benzene rings is 2. The van der Waals surface area contributed by atoms with Crippen LogP contribution in [0.25, 0.3) is 0 Å². The maximum absolute atomic E-state index is 12.9. The summed E-state index contributed by atoms with van der Waals surface area (Å²) in [5.41, 5.74) is 3.06. The monoisotopic (exact) mass is 323 g/mol. The summed E-state index contributed by atoms with van der Waals surface area (Å²) in [6.45, 7) is 2.62. The normalized spacial score (nSPS) is 10.6. The van der Waals surface area contributed by atoms with Gasteiger partial charge in [0.2, 0.25) is 5.91 Å². The first kappa shape index (κ1) is 15.9. The molecular formula is C19H18FN3O. The third-order valence-electron chi connectivity index (χ3n) is 3.68. The molecule has 0 atom stereocenters. The van der Waals surface area contributed by atoms with E-state index in [0.717, 1.165) is 11.1 Å². The summed E-state index contributed by atoms with van der Waals surface area (Å²) in [5, 5.41) is 7.12. The maximum atomic E-state index is 12.9. The lowest BCUT2D eigenvalue weighted by Gasteiger charge is -2.10. The van der Waals surface area contributed by atoms with Crippen molar-refractivity contribution in [3.8, 4) is 0 Å². The van der Waals surface area contributed by atoms with Crippen molar-refractivity contribution in [2.75, 3.05) is 5.32 Å². The largest absolute Gasteiger partial charge is 0.311 e. The Labute approximate surface area is 139 Å². The SMILES string of the molecule is Cc1cccc(Cn2nccc2NC(=O)Cc2ccc(F)cc2)c1. The Morgan fingerprint density at radius 2 is 1.92 bits per heavy atom. The van der Waals surface area contributed by atoms with Crippen LogP contribution in [0.15, 0.2) is 60.8 Å². The summed E-state index contributed by atoms with van der Waals surface area (Å²) in [5.74, 6) is 0.173. The van der Waals surface area contributed by atoms with E-state index in [9.17, 15) is 9.18 Å². The minimum absolute atomic E-state index is 0.160. The van der Waals surface area contributed by atoms with Gasteiger partial charge < -0.3 is 5.32 Å². The van der Waals surface area contributed by atoms with E-state index in [1.165, 1.54) is 17.7 Å². The van der Waals surface area contributed by atoms with Crippen LogP contribution >= 0.6 is 0 Å². The molecule has 1 N–H and O–H groups in total. The Hall–Kier alpha value is -2.95. The van der Waals surface area contributed by atoms with Gasteiger partial charge in [-0.1, -0.05) is 42.0 Å². The zero-order chi connectivity index (χ0) is 16.9. The van der Waals surface area contributed by atoms with Gasteiger partial charge >= 0.3 is 0 Å². The summed E-state index contributed by atoms with van der Waals surface area (Å²) < 4.78 is 14.7. The lowest BCUT2D eigenvalue weighted by molar-refractivity contribution is -0.115. The summed E-state index contributed by atoms with van der Waals surface area (Å²) in [6.07, 6.45) is 1.85. The van der Waals surface area contributed by atoms with Crippen molar-refractivity contribution in [2.45, 2.75) is 19.9 Å². The van der Waals surface area contributed by atoms with Gasteiger partial charge in [0.15, 0.2) is 0 Å². The molecular weight excluding hydrogens is 305 g/mol. The molecule has 0 saturated carbocycles. The Bertz CT molecular complexity index is 840. The molecule has 3 rings (SSSR count). The molecule has 0 unspecified atom stereocenters. The molecule has 1 amide bonds.